The Morgan fingerprint density at radius 2 is 1.93 bits per heavy atom. The molecule has 0 radical (unpaired) electrons. The lowest BCUT2D eigenvalue weighted by atomic mass is 10.1. The van der Waals surface area contributed by atoms with Crippen LogP contribution in [-0.4, -0.2) is 34.2 Å². The Kier molecular flexibility index (Phi) is 4.93. The minimum absolute atomic E-state index is 0.119. The summed E-state index contributed by atoms with van der Waals surface area (Å²) in [5.41, 5.74) is 2.53. The molecule has 1 aliphatic heterocycles. The van der Waals surface area contributed by atoms with E-state index in [-0.39, 0.29) is 5.82 Å². The number of aromatic nitrogens is 3. The molecule has 0 bridgehead atoms. The molecule has 3 N–H and O–H groups in total. The van der Waals surface area contributed by atoms with Crippen LogP contribution in [-0.2, 0) is 9.53 Å². The van der Waals surface area contributed by atoms with Gasteiger partial charge in [-0.2, -0.15) is 5.10 Å². The Balaban J connectivity index is 1.43. The van der Waals surface area contributed by atoms with Gasteiger partial charge in [0.2, 0.25) is 5.82 Å². The van der Waals surface area contributed by atoms with Gasteiger partial charge in [0.1, 0.15) is 17.8 Å². The first-order chi connectivity index (χ1) is 14.1. The maximum atomic E-state index is 12.2. The number of nitrogens with zero attached hydrogens (tertiary/aromatic N) is 2. The third-order valence-electron chi connectivity index (χ3n) is 4.26. The number of amides is 1. The number of nitrogens with one attached hydrogen (secondary N) is 3. The van der Waals surface area contributed by atoms with Gasteiger partial charge in [-0.3, -0.25) is 9.89 Å². The maximum Gasteiger partial charge on any atom is 0.356 e. The zero-order chi connectivity index (χ0) is 20.2. The number of benzene rings is 2. The lowest BCUT2D eigenvalue weighted by molar-refractivity contribution is -0.139. The summed E-state index contributed by atoms with van der Waals surface area (Å²) < 4.78 is 10.5. The van der Waals surface area contributed by atoms with Gasteiger partial charge in [0.25, 0.3) is 5.91 Å². The van der Waals surface area contributed by atoms with Crippen LogP contribution in [0.2, 0.25) is 0 Å². The maximum absolute atomic E-state index is 12.2. The fourth-order valence-electron chi connectivity index (χ4n) is 2.77. The number of carbonyl (C=O) groups is 2. The summed E-state index contributed by atoms with van der Waals surface area (Å²) in [6.07, 6.45) is 2.37. The van der Waals surface area contributed by atoms with Crippen molar-refractivity contribution in [2.75, 3.05) is 12.4 Å². The summed E-state index contributed by atoms with van der Waals surface area (Å²) in [5, 5.41) is 11.9. The summed E-state index contributed by atoms with van der Waals surface area (Å²) >= 11 is 0. The number of methoxy groups -OCH3 is 1. The fourth-order valence-corrected chi connectivity index (χ4v) is 2.77. The fraction of sp³-hybridized carbons (Fsp3) is 0.100. The first-order valence-electron chi connectivity index (χ1n) is 8.72. The molecule has 29 heavy (non-hydrogen) atoms. The van der Waals surface area contributed by atoms with Crippen molar-refractivity contribution in [2.24, 2.45) is 0 Å². The summed E-state index contributed by atoms with van der Waals surface area (Å²) in [6, 6.07) is 14.3. The van der Waals surface area contributed by atoms with Crippen molar-refractivity contribution in [2.45, 2.75) is 6.23 Å². The number of hydrogen-bond acceptors (Lipinski definition) is 7. The van der Waals surface area contributed by atoms with Gasteiger partial charge in [0.15, 0.2) is 6.23 Å². The quantitative estimate of drug-likeness (QED) is 0.451. The van der Waals surface area contributed by atoms with Crippen LogP contribution >= 0.6 is 0 Å². The second-order valence-corrected chi connectivity index (χ2v) is 6.17. The van der Waals surface area contributed by atoms with Crippen LogP contribution in [0.15, 0.2) is 60.6 Å². The van der Waals surface area contributed by atoms with Crippen molar-refractivity contribution in [3.05, 3.63) is 77.5 Å². The molecule has 9 heteroatoms. The average molecular weight is 391 g/mol. The summed E-state index contributed by atoms with van der Waals surface area (Å²) in [5.74, 6) is 0.0233. The second-order valence-electron chi connectivity index (χ2n) is 6.17. The number of cyclic esters (lactones) is 1. The third-order valence-corrected chi connectivity index (χ3v) is 4.26. The largest absolute Gasteiger partial charge is 0.497 e. The number of hydrogen-bond donors (Lipinski definition) is 3. The molecule has 1 saturated heterocycles. The topological polar surface area (TPSA) is 118 Å². The van der Waals surface area contributed by atoms with Crippen LogP contribution < -0.4 is 15.4 Å². The summed E-state index contributed by atoms with van der Waals surface area (Å²) in [6.45, 7) is 0. The number of esters is 1. The van der Waals surface area contributed by atoms with Crippen molar-refractivity contribution in [1.29, 1.82) is 0 Å². The van der Waals surface area contributed by atoms with Gasteiger partial charge in [-0.05, 0) is 35.9 Å². The molecule has 1 atom stereocenters. The first-order valence-corrected chi connectivity index (χ1v) is 8.72. The van der Waals surface area contributed by atoms with E-state index in [4.69, 9.17) is 9.47 Å². The molecule has 1 amide bonds. The Labute approximate surface area is 165 Å². The molecule has 4 rings (SSSR count). The summed E-state index contributed by atoms with van der Waals surface area (Å²) in [4.78, 5) is 27.9. The number of carbonyl (C=O) groups excluding carboxylic acids is 2. The molecule has 146 valence electrons. The predicted octanol–water partition coefficient (Wildman–Crippen LogP) is 2.25. The second kappa shape index (κ2) is 7.85. The minimum atomic E-state index is -0.606. The van der Waals surface area contributed by atoms with E-state index in [2.05, 4.69) is 25.8 Å². The van der Waals surface area contributed by atoms with Crippen molar-refractivity contribution in [1.82, 2.24) is 20.5 Å². The number of H-pyrrole nitrogens is 1. The number of anilines is 1. The highest BCUT2D eigenvalue weighted by molar-refractivity contribution is 6.01. The van der Waals surface area contributed by atoms with Crippen molar-refractivity contribution < 1.29 is 19.1 Å². The molecule has 1 fully saturated rings. The standard InChI is InChI=1S/C20H17N5O4/c1-28-15-8-2-12(3-9-15)10-16-20(27)29-19(24-16)13-4-6-14(7-5-13)23-18(26)17-21-11-22-25-17/h2-11,19,24H,1H3,(H,23,26)(H,21,22,25). The van der Waals surface area contributed by atoms with Gasteiger partial charge in [-0.25, -0.2) is 9.78 Å². The van der Waals surface area contributed by atoms with Crippen molar-refractivity contribution >= 4 is 23.6 Å². The Hall–Kier alpha value is -4.14. The average Bonchev–Trinajstić information content (AvgIpc) is 3.40. The smallest absolute Gasteiger partial charge is 0.356 e. The zero-order valence-corrected chi connectivity index (χ0v) is 15.4. The molecule has 0 saturated carbocycles. The van der Waals surface area contributed by atoms with Crippen LogP contribution in [0.25, 0.3) is 6.08 Å². The predicted molar refractivity (Wildman–Crippen MR) is 104 cm³/mol. The van der Waals surface area contributed by atoms with Crippen molar-refractivity contribution in [3.8, 4) is 5.75 Å². The van der Waals surface area contributed by atoms with Crippen LogP contribution in [0.1, 0.15) is 28.0 Å². The SMILES string of the molecule is COc1ccc(C=C2NC(c3ccc(NC(=O)c4ncn[nH]4)cc3)OC2=O)cc1. The van der Waals surface area contributed by atoms with E-state index in [0.29, 0.717) is 11.4 Å². The lowest BCUT2D eigenvalue weighted by Crippen LogP contribution is -2.15. The molecule has 1 aliphatic rings. The minimum Gasteiger partial charge on any atom is -0.497 e. The van der Waals surface area contributed by atoms with Crippen LogP contribution in [0.4, 0.5) is 5.69 Å². The molecule has 9 nitrogen and oxygen atoms in total. The van der Waals surface area contributed by atoms with Crippen LogP contribution in [0.5, 0.6) is 5.75 Å². The monoisotopic (exact) mass is 391 g/mol. The highest BCUT2D eigenvalue weighted by Gasteiger charge is 2.29. The third kappa shape index (κ3) is 4.08. The highest BCUT2D eigenvalue weighted by atomic mass is 16.6. The molecule has 1 unspecified atom stereocenters. The van der Waals surface area contributed by atoms with E-state index in [1.54, 1.807) is 37.5 Å². The van der Waals surface area contributed by atoms with E-state index < -0.39 is 18.1 Å². The van der Waals surface area contributed by atoms with Gasteiger partial charge in [-0.1, -0.05) is 24.3 Å². The van der Waals surface area contributed by atoms with Gasteiger partial charge < -0.3 is 20.1 Å². The molecular formula is C20H17N5O4. The molecule has 0 aliphatic carbocycles. The van der Waals surface area contributed by atoms with E-state index in [1.165, 1.54) is 6.33 Å². The van der Waals surface area contributed by atoms with Gasteiger partial charge in [0.05, 0.1) is 7.11 Å². The highest BCUT2D eigenvalue weighted by Crippen LogP contribution is 2.26. The van der Waals surface area contributed by atoms with Gasteiger partial charge >= 0.3 is 5.97 Å². The zero-order valence-electron chi connectivity index (χ0n) is 15.4. The number of aromatic amines is 1. The van der Waals surface area contributed by atoms with Gasteiger partial charge in [0, 0.05) is 11.3 Å². The van der Waals surface area contributed by atoms with E-state index in [0.717, 1.165) is 16.9 Å². The van der Waals surface area contributed by atoms with Crippen LogP contribution in [0, 0.1) is 0 Å². The van der Waals surface area contributed by atoms with Gasteiger partial charge in [-0.15, -0.1) is 0 Å². The molecule has 0 spiro atoms. The Bertz CT molecular complexity index is 1040. The Morgan fingerprint density at radius 1 is 1.17 bits per heavy atom. The van der Waals surface area contributed by atoms with E-state index in [1.807, 2.05) is 24.3 Å². The van der Waals surface area contributed by atoms with Crippen molar-refractivity contribution in [3.63, 3.8) is 0 Å². The normalized spacial score (nSPS) is 16.9. The number of ether oxygens (including phenoxy) is 2. The van der Waals surface area contributed by atoms with E-state index in [9.17, 15) is 9.59 Å². The molecule has 2 heterocycles. The molecule has 1 aromatic heterocycles. The van der Waals surface area contributed by atoms with Crippen LogP contribution in [0.3, 0.4) is 0 Å². The van der Waals surface area contributed by atoms with E-state index >= 15 is 0 Å². The number of rotatable bonds is 5. The lowest BCUT2D eigenvalue weighted by Gasteiger charge is -2.11. The molecule has 2 aromatic carbocycles. The first kappa shape index (κ1) is 18.2. The molecular weight excluding hydrogens is 374 g/mol. The summed E-state index contributed by atoms with van der Waals surface area (Å²) in [7, 11) is 1.60. The Morgan fingerprint density at radius 3 is 2.59 bits per heavy atom. The molecule has 3 aromatic rings.